The molecular formula is C20H18BrFN2O4S. The molecule has 29 heavy (non-hydrogen) atoms. The van der Waals surface area contributed by atoms with E-state index in [1.54, 1.807) is 0 Å². The Morgan fingerprint density at radius 3 is 2.52 bits per heavy atom. The number of alkyl halides is 1. The molecule has 0 radical (unpaired) electrons. The molecule has 0 saturated carbocycles. The average Bonchev–Trinajstić information content (AvgIpc) is 3.29. The molecule has 0 spiro atoms. The number of halogens is 2. The molecule has 1 atom stereocenters. The number of anilines is 1. The minimum atomic E-state index is -3.94. The highest BCUT2D eigenvalue weighted by molar-refractivity contribution is 9.10. The van der Waals surface area contributed by atoms with Crippen molar-refractivity contribution in [1.29, 1.82) is 0 Å². The van der Waals surface area contributed by atoms with Gasteiger partial charge in [0.15, 0.2) is 0 Å². The third kappa shape index (κ3) is 3.51. The van der Waals surface area contributed by atoms with Crippen molar-refractivity contribution in [3.63, 3.8) is 0 Å². The molecule has 2 aromatic rings. The fourth-order valence-electron chi connectivity index (χ4n) is 3.78. The van der Waals surface area contributed by atoms with E-state index in [4.69, 9.17) is 0 Å². The lowest BCUT2D eigenvalue weighted by Gasteiger charge is -2.22. The van der Waals surface area contributed by atoms with Crippen LogP contribution in [-0.2, 0) is 21.4 Å². The lowest BCUT2D eigenvalue weighted by molar-refractivity contribution is -0.114. The van der Waals surface area contributed by atoms with Crippen molar-refractivity contribution in [2.24, 2.45) is 0 Å². The van der Waals surface area contributed by atoms with Crippen molar-refractivity contribution in [2.75, 3.05) is 18.1 Å². The molecule has 152 valence electrons. The first-order valence-electron chi connectivity index (χ1n) is 9.15. The Hall–Kier alpha value is -2.10. The van der Waals surface area contributed by atoms with Gasteiger partial charge in [0.25, 0.3) is 11.7 Å². The number of fused-ring (bicyclic) bond motifs is 1. The zero-order chi connectivity index (χ0) is 20.8. The van der Waals surface area contributed by atoms with Gasteiger partial charge in [-0.1, -0.05) is 28.1 Å². The van der Waals surface area contributed by atoms with Gasteiger partial charge in [-0.2, -0.15) is 4.31 Å². The Bertz CT molecular complexity index is 1090. The van der Waals surface area contributed by atoms with E-state index < -0.39 is 34.4 Å². The number of nitrogens with zero attached hydrogens (tertiary/aromatic N) is 2. The highest BCUT2D eigenvalue weighted by Crippen LogP contribution is 2.34. The van der Waals surface area contributed by atoms with E-state index in [1.807, 2.05) is 24.3 Å². The Kier molecular flexibility index (Phi) is 5.30. The van der Waals surface area contributed by atoms with Crippen LogP contribution in [0.2, 0.25) is 0 Å². The predicted octanol–water partition coefficient (Wildman–Crippen LogP) is 3.30. The van der Waals surface area contributed by atoms with Crippen LogP contribution in [0.5, 0.6) is 0 Å². The Morgan fingerprint density at radius 2 is 1.83 bits per heavy atom. The summed E-state index contributed by atoms with van der Waals surface area (Å²) in [5.41, 5.74) is 1.27. The Balaban J connectivity index is 1.67. The maximum atomic E-state index is 13.2. The second kappa shape index (κ2) is 7.62. The molecule has 2 aliphatic heterocycles. The number of Topliss-reactive ketones (excluding diaryl/α,β-unsaturated/α-hetero) is 1. The minimum absolute atomic E-state index is 0.0594. The van der Waals surface area contributed by atoms with Gasteiger partial charge in [0, 0.05) is 11.0 Å². The van der Waals surface area contributed by atoms with Crippen molar-refractivity contribution in [1.82, 2.24) is 4.31 Å². The van der Waals surface area contributed by atoms with E-state index in [0.717, 1.165) is 14.3 Å². The number of hydrogen-bond donors (Lipinski definition) is 0. The van der Waals surface area contributed by atoms with Gasteiger partial charge in [-0.3, -0.25) is 9.59 Å². The molecule has 0 bridgehead atoms. The van der Waals surface area contributed by atoms with Crippen molar-refractivity contribution in [3.05, 3.63) is 58.1 Å². The first-order valence-corrected chi connectivity index (χ1v) is 11.4. The summed E-state index contributed by atoms with van der Waals surface area (Å²) >= 11 is 3.35. The zero-order valence-corrected chi connectivity index (χ0v) is 17.7. The lowest BCUT2D eigenvalue weighted by Crippen LogP contribution is -2.36. The molecule has 0 unspecified atom stereocenters. The van der Waals surface area contributed by atoms with Crippen molar-refractivity contribution in [3.8, 4) is 0 Å². The number of hydrogen-bond acceptors (Lipinski definition) is 4. The lowest BCUT2D eigenvalue weighted by atomic mass is 10.1. The molecular weight excluding hydrogens is 463 g/mol. The first-order chi connectivity index (χ1) is 13.8. The molecule has 2 aromatic carbocycles. The van der Waals surface area contributed by atoms with Crippen molar-refractivity contribution < 1.29 is 22.4 Å². The maximum Gasteiger partial charge on any atom is 0.299 e. The number of amides is 1. The van der Waals surface area contributed by atoms with Gasteiger partial charge in [-0.25, -0.2) is 12.8 Å². The summed E-state index contributed by atoms with van der Waals surface area (Å²) < 4.78 is 41.1. The van der Waals surface area contributed by atoms with Crippen LogP contribution in [0, 0.1) is 0 Å². The Morgan fingerprint density at radius 1 is 1.10 bits per heavy atom. The fourth-order valence-corrected chi connectivity index (χ4v) is 5.75. The number of benzene rings is 2. The van der Waals surface area contributed by atoms with Gasteiger partial charge in [-0.05, 0) is 48.7 Å². The van der Waals surface area contributed by atoms with E-state index in [2.05, 4.69) is 15.9 Å². The number of carbonyl (C=O) groups excluding carboxylic acids is 2. The quantitative estimate of drug-likeness (QED) is 0.615. The number of sulfonamides is 1. The van der Waals surface area contributed by atoms with Gasteiger partial charge >= 0.3 is 0 Å². The molecule has 9 heteroatoms. The predicted molar refractivity (Wildman–Crippen MR) is 109 cm³/mol. The maximum absolute atomic E-state index is 13.2. The second-order valence-electron chi connectivity index (χ2n) is 7.09. The molecule has 0 aromatic heterocycles. The van der Waals surface area contributed by atoms with Gasteiger partial charge in [0.05, 0.1) is 28.7 Å². The SMILES string of the molecule is O=C1C(=O)N(Cc2ccc(Br)cc2)c2ccc(S(=O)(=O)N3CCC[C@H]3CF)cc21. The average molecular weight is 481 g/mol. The molecule has 1 amide bonds. The summed E-state index contributed by atoms with van der Waals surface area (Å²) in [4.78, 5) is 26.3. The molecule has 4 rings (SSSR count). The van der Waals surface area contributed by atoms with E-state index in [9.17, 15) is 22.4 Å². The summed E-state index contributed by atoms with van der Waals surface area (Å²) in [6, 6.07) is 10.8. The van der Waals surface area contributed by atoms with Gasteiger partial charge in [0.2, 0.25) is 10.0 Å². The second-order valence-corrected chi connectivity index (χ2v) is 9.90. The summed E-state index contributed by atoms with van der Waals surface area (Å²) in [7, 11) is -3.94. The molecule has 0 N–H and O–H groups in total. The molecule has 0 aliphatic carbocycles. The number of rotatable bonds is 5. The Labute approximate surface area is 176 Å². The fraction of sp³-hybridized carbons (Fsp3) is 0.300. The van der Waals surface area contributed by atoms with Crippen LogP contribution < -0.4 is 4.90 Å². The van der Waals surface area contributed by atoms with E-state index in [1.165, 1.54) is 23.1 Å². The summed E-state index contributed by atoms with van der Waals surface area (Å²) in [6.45, 7) is -0.299. The third-order valence-electron chi connectivity index (χ3n) is 5.30. The van der Waals surface area contributed by atoms with Crippen LogP contribution in [0.4, 0.5) is 10.1 Å². The van der Waals surface area contributed by atoms with E-state index in [-0.39, 0.29) is 23.5 Å². The van der Waals surface area contributed by atoms with Crippen LogP contribution in [-0.4, -0.2) is 43.7 Å². The highest BCUT2D eigenvalue weighted by Gasteiger charge is 2.39. The zero-order valence-electron chi connectivity index (χ0n) is 15.3. The molecule has 2 heterocycles. The van der Waals surface area contributed by atoms with Crippen LogP contribution in [0.3, 0.4) is 0 Å². The first kappa shape index (κ1) is 20.2. The summed E-state index contributed by atoms with van der Waals surface area (Å²) in [5, 5.41) is 0. The largest absolute Gasteiger partial charge is 0.300 e. The van der Waals surface area contributed by atoms with Crippen LogP contribution >= 0.6 is 15.9 Å². The number of ketones is 1. The third-order valence-corrected chi connectivity index (χ3v) is 7.78. The molecule has 6 nitrogen and oxygen atoms in total. The number of carbonyl (C=O) groups is 2. The smallest absolute Gasteiger partial charge is 0.299 e. The monoisotopic (exact) mass is 480 g/mol. The van der Waals surface area contributed by atoms with Gasteiger partial charge in [0.1, 0.15) is 6.67 Å². The molecule has 1 fully saturated rings. The van der Waals surface area contributed by atoms with Crippen LogP contribution in [0.25, 0.3) is 0 Å². The van der Waals surface area contributed by atoms with Crippen molar-refractivity contribution >= 4 is 43.3 Å². The topological polar surface area (TPSA) is 74.8 Å². The van der Waals surface area contributed by atoms with E-state index in [0.29, 0.717) is 18.5 Å². The highest BCUT2D eigenvalue weighted by atomic mass is 79.9. The molecule has 1 saturated heterocycles. The standard InChI is InChI=1S/C20H18BrFN2O4S/c21-14-5-3-13(4-6-14)12-23-18-8-7-16(10-17(18)19(25)20(23)26)29(27,28)24-9-1-2-15(24)11-22/h3-8,10,15H,1-2,9,11-12H2/t15-/m0/s1. The normalized spacial score (nSPS) is 19.8. The van der Waals surface area contributed by atoms with Crippen LogP contribution in [0.1, 0.15) is 28.8 Å². The van der Waals surface area contributed by atoms with Crippen molar-refractivity contribution in [2.45, 2.75) is 30.3 Å². The van der Waals surface area contributed by atoms with Gasteiger partial charge < -0.3 is 4.90 Å². The minimum Gasteiger partial charge on any atom is -0.300 e. The van der Waals surface area contributed by atoms with Crippen LogP contribution in [0.15, 0.2) is 51.8 Å². The molecule has 2 aliphatic rings. The van der Waals surface area contributed by atoms with Gasteiger partial charge in [-0.15, -0.1) is 0 Å². The van der Waals surface area contributed by atoms with E-state index >= 15 is 0 Å². The summed E-state index contributed by atoms with van der Waals surface area (Å²) in [5.74, 6) is -1.43. The summed E-state index contributed by atoms with van der Waals surface area (Å²) in [6.07, 6.45) is 1.07.